The zero-order chi connectivity index (χ0) is 12.6. The highest BCUT2D eigenvalue weighted by Crippen LogP contribution is 2.37. The summed E-state index contributed by atoms with van der Waals surface area (Å²) in [7, 11) is -7.21. The van der Waals surface area contributed by atoms with Crippen LogP contribution in [-0.4, -0.2) is 34.2 Å². The molecule has 16 heavy (non-hydrogen) atoms. The van der Waals surface area contributed by atoms with Crippen molar-refractivity contribution in [3.05, 3.63) is 0 Å². The first-order chi connectivity index (χ1) is 6.99. The molecule has 0 aromatic heterocycles. The fourth-order valence-electron chi connectivity index (χ4n) is 2.11. The van der Waals surface area contributed by atoms with E-state index in [1.54, 1.807) is 0 Å². The second kappa shape index (κ2) is 4.27. The molecule has 7 heteroatoms. The molecule has 1 aliphatic carbocycles. The van der Waals surface area contributed by atoms with Gasteiger partial charge in [-0.15, -0.1) is 0 Å². The average Bonchev–Trinajstić information content (AvgIpc) is 2.22. The molecular formula is C9H19NO4S2. The molecule has 1 unspecified atom stereocenters. The van der Waals surface area contributed by atoms with E-state index >= 15 is 0 Å². The van der Waals surface area contributed by atoms with E-state index in [0.717, 1.165) is 25.5 Å². The molecule has 0 aromatic rings. The Bertz CT molecular complexity index is 450. The van der Waals surface area contributed by atoms with Crippen LogP contribution in [-0.2, 0) is 19.9 Å². The molecule has 0 radical (unpaired) electrons. The van der Waals surface area contributed by atoms with Crippen molar-refractivity contribution in [1.29, 1.82) is 0 Å². The van der Waals surface area contributed by atoms with Crippen molar-refractivity contribution in [3.8, 4) is 0 Å². The van der Waals surface area contributed by atoms with E-state index in [2.05, 4.69) is 18.6 Å². The Kier molecular flexibility index (Phi) is 3.71. The van der Waals surface area contributed by atoms with Crippen LogP contribution in [0.1, 0.15) is 33.1 Å². The third-order valence-corrected chi connectivity index (χ3v) is 6.33. The molecule has 0 heterocycles. The van der Waals surface area contributed by atoms with Crippen LogP contribution in [0.4, 0.5) is 0 Å². The molecule has 0 saturated heterocycles. The standard InChI is InChI=1S/C9H19NO4S2/c1-9(2)5-4-8(6-9)10-16(13,14)7-15(3,11)12/h8,10H,4-7H2,1-3H3. The molecule has 0 amide bonds. The number of nitrogens with one attached hydrogen (secondary N) is 1. The maximum atomic E-state index is 11.5. The smallest absolute Gasteiger partial charge is 0.226 e. The molecule has 0 bridgehead atoms. The zero-order valence-electron chi connectivity index (χ0n) is 9.86. The van der Waals surface area contributed by atoms with Crippen molar-refractivity contribution in [2.75, 3.05) is 11.3 Å². The van der Waals surface area contributed by atoms with Gasteiger partial charge in [-0.1, -0.05) is 13.8 Å². The summed E-state index contributed by atoms with van der Waals surface area (Å²) in [5.41, 5.74) is 0.137. The Morgan fingerprint density at radius 3 is 2.19 bits per heavy atom. The lowest BCUT2D eigenvalue weighted by molar-refractivity contribution is 0.372. The number of sulfone groups is 1. The van der Waals surface area contributed by atoms with E-state index in [1.807, 2.05) is 0 Å². The number of rotatable bonds is 4. The minimum Gasteiger partial charge on any atom is -0.228 e. The molecule has 0 spiro atoms. The largest absolute Gasteiger partial charge is 0.228 e. The maximum Gasteiger partial charge on any atom is 0.226 e. The lowest BCUT2D eigenvalue weighted by Crippen LogP contribution is -2.37. The van der Waals surface area contributed by atoms with Crippen LogP contribution in [0.15, 0.2) is 0 Å². The van der Waals surface area contributed by atoms with Gasteiger partial charge in [0.1, 0.15) is 0 Å². The molecule has 0 aromatic carbocycles. The Morgan fingerprint density at radius 1 is 1.25 bits per heavy atom. The Morgan fingerprint density at radius 2 is 1.81 bits per heavy atom. The third-order valence-electron chi connectivity index (χ3n) is 2.68. The lowest BCUT2D eigenvalue weighted by Gasteiger charge is -2.17. The topological polar surface area (TPSA) is 80.3 Å². The third kappa shape index (κ3) is 4.80. The van der Waals surface area contributed by atoms with Gasteiger partial charge in [-0.25, -0.2) is 21.6 Å². The van der Waals surface area contributed by atoms with Gasteiger partial charge in [0.05, 0.1) is 0 Å². The maximum absolute atomic E-state index is 11.5. The molecule has 1 aliphatic rings. The van der Waals surface area contributed by atoms with E-state index in [1.165, 1.54) is 0 Å². The van der Waals surface area contributed by atoms with Crippen LogP contribution in [0.5, 0.6) is 0 Å². The summed E-state index contributed by atoms with van der Waals surface area (Å²) < 4.78 is 47.4. The van der Waals surface area contributed by atoms with Crippen LogP contribution in [0.25, 0.3) is 0 Å². The second-order valence-corrected chi connectivity index (χ2v) is 9.64. The summed E-state index contributed by atoms with van der Waals surface area (Å²) in [6.07, 6.45) is 3.41. The highest BCUT2D eigenvalue weighted by Gasteiger charge is 2.33. The first-order valence-electron chi connectivity index (χ1n) is 5.17. The van der Waals surface area contributed by atoms with Crippen molar-refractivity contribution in [1.82, 2.24) is 4.72 Å². The van der Waals surface area contributed by atoms with Crippen molar-refractivity contribution >= 4 is 19.9 Å². The monoisotopic (exact) mass is 269 g/mol. The van der Waals surface area contributed by atoms with Crippen molar-refractivity contribution in [3.63, 3.8) is 0 Å². The van der Waals surface area contributed by atoms with Gasteiger partial charge in [0.15, 0.2) is 14.9 Å². The van der Waals surface area contributed by atoms with Crippen molar-refractivity contribution in [2.45, 2.75) is 39.2 Å². The van der Waals surface area contributed by atoms with Gasteiger partial charge in [-0.2, -0.15) is 0 Å². The predicted octanol–water partition coefficient (Wildman–Crippen LogP) is 0.487. The summed E-state index contributed by atoms with van der Waals surface area (Å²) in [5, 5.41) is -0.822. The normalized spacial score (nSPS) is 25.8. The average molecular weight is 269 g/mol. The molecular weight excluding hydrogens is 250 g/mol. The highest BCUT2D eigenvalue weighted by atomic mass is 32.3. The number of hydrogen-bond donors (Lipinski definition) is 1. The Hall–Kier alpha value is -0.140. The molecule has 1 fully saturated rings. The van der Waals surface area contributed by atoms with Gasteiger partial charge < -0.3 is 0 Å². The van der Waals surface area contributed by atoms with Crippen molar-refractivity contribution < 1.29 is 16.8 Å². The van der Waals surface area contributed by atoms with Gasteiger partial charge in [0.2, 0.25) is 10.0 Å². The summed E-state index contributed by atoms with van der Waals surface area (Å²) in [6.45, 7) is 4.16. The fourth-order valence-corrected chi connectivity index (χ4v) is 5.34. The SMILES string of the molecule is CC1(C)CCC(NS(=O)(=O)CS(C)(=O)=O)C1. The van der Waals surface area contributed by atoms with Gasteiger partial charge >= 0.3 is 0 Å². The summed E-state index contributed by atoms with van der Waals surface area (Å²) >= 11 is 0. The van der Waals surface area contributed by atoms with Gasteiger partial charge in [0, 0.05) is 12.3 Å². The first-order valence-corrected chi connectivity index (χ1v) is 8.88. The summed E-state index contributed by atoms with van der Waals surface area (Å²) in [5.74, 6) is 0. The van der Waals surface area contributed by atoms with Crippen molar-refractivity contribution in [2.24, 2.45) is 5.41 Å². The molecule has 1 saturated carbocycles. The van der Waals surface area contributed by atoms with E-state index in [-0.39, 0.29) is 11.5 Å². The number of hydrogen-bond acceptors (Lipinski definition) is 4. The zero-order valence-corrected chi connectivity index (χ0v) is 11.5. The summed E-state index contributed by atoms with van der Waals surface area (Å²) in [6, 6.07) is -0.123. The van der Waals surface area contributed by atoms with Crippen LogP contribution < -0.4 is 4.72 Å². The van der Waals surface area contributed by atoms with Crippen LogP contribution in [0.3, 0.4) is 0 Å². The molecule has 5 nitrogen and oxygen atoms in total. The van der Waals surface area contributed by atoms with E-state index in [9.17, 15) is 16.8 Å². The van der Waals surface area contributed by atoms with E-state index < -0.39 is 24.9 Å². The highest BCUT2D eigenvalue weighted by molar-refractivity contribution is 8.06. The molecule has 1 rings (SSSR count). The van der Waals surface area contributed by atoms with Crippen LogP contribution in [0.2, 0.25) is 0 Å². The predicted molar refractivity (Wildman–Crippen MR) is 63.2 cm³/mol. The molecule has 1 N–H and O–H groups in total. The van der Waals surface area contributed by atoms with Crippen LogP contribution >= 0.6 is 0 Å². The quantitative estimate of drug-likeness (QED) is 0.805. The van der Waals surface area contributed by atoms with E-state index in [4.69, 9.17) is 0 Å². The first kappa shape index (κ1) is 13.9. The van der Waals surface area contributed by atoms with Gasteiger partial charge in [-0.3, -0.25) is 0 Å². The van der Waals surface area contributed by atoms with Gasteiger partial charge in [0.25, 0.3) is 0 Å². The minimum absolute atomic E-state index is 0.123. The molecule has 0 aliphatic heterocycles. The Balaban J connectivity index is 2.62. The minimum atomic E-state index is -3.71. The molecule has 1 atom stereocenters. The van der Waals surface area contributed by atoms with Gasteiger partial charge in [-0.05, 0) is 24.7 Å². The lowest BCUT2D eigenvalue weighted by atomic mass is 9.92. The second-order valence-electron chi connectivity index (χ2n) is 5.38. The fraction of sp³-hybridized carbons (Fsp3) is 1.00. The van der Waals surface area contributed by atoms with E-state index in [0.29, 0.717) is 0 Å². The Labute approximate surface area is 97.6 Å². The summed E-state index contributed by atoms with van der Waals surface area (Å²) in [4.78, 5) is 0. The molecule has 96 valence electrons. The number of sulfonamides is 1. The van der Waals surface area contributed by atoms with Crippen LogP contribution in [0, 0.1) is 5.41 Å².